The van der Waals surface area contributed by atoms with Crippen LogP contribution in [0, 0.1) is 5.82 Å². The molecule has 5 nitrogen and oxygen atoms in total. The second-order valence-corrected chi connectivity index (χ2v) is 7.02. The molecule has 1 heterocycles. The van der Waals surface area contributed by atoms with Gasteiger partial charge in [0.15, 0.2) is 28.9 Å². The molecule has 0 aliphatic heterocycles. The maximum atomic E-state index is 14.4. The van der Waals surface area contributed by atoms with Crippen molar-refractivity contribution in [2.75, 3.05) is 5.73 Å². The number of carbonyl (C=O) groups excluding carboxylic acids is 1. The number of hydrogen-bond acceptors (Lipinski definition) is 5. The fourth-order valence-corrected chi connectivity index (χ4v) is 4.11. The van der Waals surface area contributed by atoms with Gasteiger partial charge in [-0.05, 0) is 42.7 Å². The maximum absolute atomic E-state index is 14.4. The lowest BCUT2D eigenvalue weighted by Crippen LogP contribution is -2.14. The number of ether oxygens (including phenoxy) is 1. The number of para-hydroxylation sites is 1. The van der Waals surface area contributed by atoms with Gasteiger partial charge < -0.3 is 15.0 Å². The Morgan fingerprint density at radius 2 is 1.96 bits per heavy atom. The van der Waals surface area contributed by atoms with Crippen molar-refractivity contribution in [1.29, 1.82) is 0 Å². The minimum atomic E-state index is -0.478. The molecule has 2 aromatic carbocycles. The standard InChI is InChI=1S/C22H17FN2O3/c23-15-10-9-12(11-17(15)27-13-5-2-1-3-6-13)18-19-14(7-4-8-16(19)26)21-20(18)22(24)25-28-21/h1-3,5-6,9-11,18H,4,7-8H2,(H2,24,25)/t18-/m1/s1. The number of hydrogen-bond donors (Lipinski definition) is 1. The van der Waals surface area contributed by atoms with Gasteiger partial charge in [0.25, 0.3) is 0 Å². The van der Waals surface area contributed by atoms with Crippen LogP contribution in [0.4, 0.5) is 10.2 Å². The summed E-state index contributed by atoms with van der Waals surface area (Å²) in [6, 6.07) is 13.6. The van der Waals surface area contributed by atoms with Crippen LogP contribution in [0.5, 0.6) is 11.5 Å². The third kappa shape index (κ3) is 2.52. The number of ketones is 1. The summed E-state index contributed by atoms with van der Waals surface area (Å²) in [7, 11) is 0. The van der Waals surface area contributed by atoms with E-state index in [0.717, 1.165) is 24.0 Å². The summed E-state index contributed by atoms with van der Waals surface area (Å²) in [5.74, 6) is 0.654. The highest BCUT2D eigenvalue weighted by Crippen LogP contribution is 2.52. The number of benzene rings is 2. The molecular weight excluding hydrogens is 359 g/mol. The lowest BCUT2D eigenvalue weighted by Gasteiger charge is -2.20. The molecule has 6 heteroatoms. The van der Waals surface area contributed by atoms with Crippen LogP contribution >= 0.6 is 0 Å². The molecule has 1 atom stereocenters. The lowest BCUT2D eigenvalue weighted by molar-refractivity contribution is -0.116. The van der Waals surface area contributed by atoms with Crippen molar-refractivity contribution in [3.05, 3.63) is 76.8 Å². The minimum absolute atomic E-state index is 0.0758. The second kappa shape index (κ2) is 6.34. The molecule has 5 rings (SSSR count). The van der Waals surface area contributed by atoms with E-state index >= 15 is 0 Å². The number of nitrogens with zero attached hydrogens (tertiary/aromatic N) is 1. The smallest absolute Gasteiger partial charge is 0.171 e. The molecule has 0 fully saturated rings. The molecule has 0 unspecified atom stereocenters. The molecule has 0 amide bonds. The summed E-state index contributed by atoms with van der Waals surface area (Å²) in [6.07, 6.45) is 2.01. The summed E-state index contributed by atoms with van der Waals surface area (Å²) >= 11 is 0. The number of carbonyl (C=O) groups is 1. The van der Waals surface area contributed by atoms with Crippen LogP contribution in [0.25, 0.3) is 5.57 Å². The Morgan fingerprint density at radius 3 is 2.79 bits per heavy atom. The van der Waals surface area contributed by atoms with Gasteiger partial charge in [-0.15, -0.1) is 0 Å². The fraction of sp³-hybridized carbons (Fsp3) is 0.182. The van der Waals surface area contributed by atoms with Crippen molar-refractivity contribution in [1.82, 2.24) is 5.16 Å². The first-order chi connectivity index (χ1) is 13.6. The van der Waals surface area contributed by atoms with Crippen LogP contribution in [-0.2, 0) is 4.79 Å². The number of anilines is 1. The van der Waals surface area contributed by atoms with E-state index in [-0.39, 0.29) is 17.4 Å². The van der Waals surface area contributed by atoms with Gasteiger partial charge in [0.1, 0.15) is 5.75 Å². The molecule has 3 aromatic rings. The fourth-order valence-electron chi connectivity index (χ4n) is 4.11. The van der Waals surface area contributed by atoms with Crippen molar-refractivity contribution in [2.24, 2.45) is 0 Å². The van der Waals surface area contributed by atoms with Crippen molar-refractivity contribution >= 4 is 17.2 Å². The summed E-state index contributed by atoms with van der Waals surface area (Å²) in [4.78, 5) is 12.7. The number of Topliss-reactive ketones (excluding diaryl/α,β-unsaturated/α-hetero) is 1. The Labute approximate surface area is 160 Å². The van der Waals surface area contributed by atoms with Crippen molar-refractivity contribution < 1.29 is 18.4 Å². The Morgan fingerprint density at radius 1 is 1.14 bits per heavy atom. The zero-order valence-corrected chi connectivity index (χ0v) is 14.9. The topological polar surface area (TPSA) is 78.3 Å². The highest BCUT2D eigenvalue weighted by atomic mass is 19.1. The van der Waals surface area contributed by atoms with Gasteiger partial charge in [0.2, 0.25) is 0 Å². The average molecular weight is 376 g/mol. The Bertz CT molecular complexity index is 1120. The maximum Gasteiger partial charge on any atom is 0.171 e. The SMILES string of the molecule is Nc1noc2c1[C@H](c1ccc(F)c(Oc3ccccc3)c1)C1=C2CCCC1=O. The molecule has 0 saturated carbocycles. The molecule has 0 bridgehead atoms. The first-order valence-electron chi connectivity index (χ1n) is 9.17. The molecule has 1 aromatic heterocycles. The number of aromatic nitrogens is 1. The number of nitrogens with two attached hydrogens (primary N) is 1. The second-order valence-electron chi connectivity index (χ2n) is 7.02. The van der Waals surface area contributed by atoms with Gasteiger partial charge in [-0.25, -0.2) is 4.39 Å². The minimum Gasteiger partial charge on any atom is -0.454 e. The molecule has 28 heavy (non-hydrogen) atoms. The largest absolute Gasteiger partial charge is 0.454 e. The summed E-state index contributed by atoms with van der Waals surface area (Å²) in [6.45, 7) is 0. The average Bonchev–Trinajstić information content (AvgIpc) is 3.24. The van der Waals surface area contributed by atoms with E-state index in [1.54, 1.807) is 24.3 Å². The predicted octanol–water partition coefficient (Wildman–Crippen LogP) is 4.84. The van der Waals surface area contributed by atoms with Gasteiger partial charge in [-0.1, -0.05) is 29.4 Å². The van der Waals surface area contributed by atoms with Gasteiger partial charge in [-0.2, -0.15) is 0 Å². The molecule has 2 aliphatic rings. The van der Waals surface area contributed by atoms with Crippen LogP contribution in [-0.4, -0.2) is 10.9 Å². The monoisotopic (exact) mass is 376 g/mol. The zero-order chi connectivity index (χ0) is 19.3. The molecule has 0 radical (unpaired) electrons. The number of fused-ring (bicyclic) bond motifs is 2. The van der Waals surface area contributed by atoms with Crippen LogP contribution < -0.4 is 10.5 Å². The summed E-state index contributed by atoms with van der Waals surface area (Å²) < 4.78 is 25.6. The van der Waals surface area contributed by atoms with E-state index in [0.29, 0.717) is 29.1 Å². The number of nitrogen functional groups attached to an aromatic ring is 1. The molecule has 2 aliphatic carbocycles. The Balaban J connectivity index is 1.62. The third-order valence-electron chi connectivity index (χ3n) is 5.32. The molecule has 0 spiro atoms. The van der Waals surface area contributed by atoms with Crippen LogP contribution in [0.1, 0.15) is 42.1 Å². The van der Waals surface area contributed by atoms with Crippen LogP contribution in [0.2, 0.25) is 0 Å². The molecule has 2 N–H and O–H groups in total. The van der Waals surface area contributed by atoms with Crippen LogP contribution in [0.3, 0.4) is 0 Å². The number of allylic oxidation sites excluding steroid dienone is 2. The number of halogens is 1. The molecular formula is C22H17FN2O3. The van der Waals surface area contributed by atoms with Gasteiger partial charge >= 0.3 is 0 Å². The van der Waals surface area contributed by atoms with Gasteiger partial charge in [-0.3, -0.25) is 4.79 Å². The van der Waals surface area contributed by atoms with Crippen molar-refractivity contribution in [3.8, 4) is 11.5 Å². The normalized spacial score (nSPS) is 18.2. The Kier molecular flexibility index (Phi) is 3.79. The highest BCUT2D eigenvalue weighted by molar-refractivity contribution is 6.08. The van der Waals surface area contributed by atoms with E-state index in [2.05, 4.69) is 5.16 Å². The predicted molar refractivity (Wildman–Crippen MR) is 101 cm³/mol. The number of rotatable bonds is 3. The summed E-state index contributed by atoms with van der Waals surface area (Å²) in [5.41, 5.74) is 9.04. The first kappa shape index (κ1) is 16.7. The van der Waals surface area contributed by atoms with E-state index in [1.165, 1.54) is 6.07 Å². The lowest BCUT2D eigenvalue weighted by atomic mass is 9.83. The van der Waals surface area contributed by atoms with E-state index < -0.39 is 11.7 Å². The third-order valence-corrected chi connectivity index (χ3v) is 5.32. The van der Waals surface area contributed by atoms with E-state index in [1.807, 2.05) is 18.2 Å². The molecule has 140 valence electrons. The molecule has 0 saturated heterocycles. The van der Waals surface area contributed by atoms with Crippen molar-refractivity contribution in [2.45, 2.75) is 25.2 Å². The van der Waals surface area contributed by atoms with E-state index in [4.69, 9.17) is 15.0 Å². The van der Waals surface area contributed by atoms with Gasteiger partial charge in [0.05, 0.1) is 5.56 Å². The van der Waals surface area contributed by atoms with Crippen molar-refractivity contribution in [3.63, 3.8) is 0 Å². The zero-order valence-electron chi connectivity index (χ0n) is 14.9. The van der Waals surface area contributed by atoms with E-state index in [9.17, 15) is 9.18 Å². The first-order valence-corrected chi connectivity index (χ1v) is 9.17. The van der Waals surface area contributed by atoms with Crippen LogP contribution in [0.15, 0.2) is 58.6 Å². The quantitative estimate of drug-likeness (QED) is 0.708. The Hall–Kier alpha value is -3.41. The highest BCUT2D eigenvalue weighted by Gasteiger charge is 2.42. The van der Waals surface area contributed by atoms with Gasteiger partial charge in [0, 0.05) is 23.5 Å². The summed E-state index contributed by atoms with van der Waals surface area (Å²) in [5, 5.41) is 3.89.